The Labute approximate surface area is 238 Å². The van der Waals surface area contributed by atoms with E-state index in [4.69, 9.17) is 4.42 Å². The normalized spacial score (nSPS) is 12.0. The van der Waals surface area contributed by atoms with E-state index in [0.29, 0.717) is 29.5 Å². The number of nitrogens with one attached hydrogen (secondary N) is 2. The SMILES string of the molecule is O=C(NCCc1c(C(c2cccc(Br)c2)c2c(O)c3ccccc3oc2=O)[nH]c2ccccc12)c1ccccc1. The molecule has 0 radical (unpaired) electrons. The summed E-state index contributed by atoms with van der Waals surface area (Å²) < 4.78 is 6.55. The number of rotatable bonds is 7. The second-order valence-electron chi connectivity index (χ2n) is 9.57. The lowest BCUT2D eigenvalue weighted by molar-refractivity contribution is 0.0954. The quantitative estimate of drug-likeness (QED) is 0.176. The van der Waals surface area contributed by atoms with E-state index in [1.54, 1.807) is 36.4 Å². The fourth-order valence-electron chi connectivity index (χ4n) is 5.30. The predicted octanol–water partition coefficient (Wildman–Crippen LogP) is 6.90. The van der Waals surface area contributed by atoms with Gasteiger partial charge in [0.1, 0.15) is 11.3 Å². The van der Waals surface area contributed by atoms with E-state index in [2.05, 4.69) is 26.2 Å². The van der Waals surface area contributed by atoms with E-state index in [0.717, 1.165) is 32.2 Å². The number of para-hydroxylation sites is 2. The molecule has 2 heterocycles. The monoisotopic (exact) mass is 592 g/mol. The number of carbonyl (C=O) groups excluding carboxylic acids is 1. The van der Waals surface area contributed by atoms with E-state index in [-0.39, 0.29) is 17.2 Å². The lowest BCUT2D eigenvalue weighted by Crippen LogP contribution is -2.26. The summed E-state index contributed by atoms with van der Waals surface area (Å²) in [5.41, 5.74) is 3.85. The van der Waals surface area contributed by atoms with Crippen LogP contribution < -0.4 is 10.9 Å². The van der Waals surface area contributed by atoms with Crippen LogP contribution in [0.3, 0.4) is 0 Å². The minimum Gasteiger partial charge on any atom is -0.507 e. The van der Waals surface area contributed by atoms with Crippen molar-refractivity contribution in [3.05, 3.63) is 146 Å². The van der Waals surface area contributed by atoms with E-state index in [9.17, 15) is 14.7 Å². The van der Waals surface area contributed by atoms with Crippen LogP contribution in [0.15, 0.2) is 117 Å². The molecule has 1 amide bonds. The Balaban J connectivity index is 1.50. The summed E-state index contributed by atoms with van der Waals surface area (Å²) in [6, 6.07) is 31.6. The lowest BCUT2D eigenvalue weighted by atomic mass is 9.85. The third-order valence-corrected chi connectivity index (χ3v) is 7.62. The molecule has 0 saturated heterocycles. The van der Waals surface area contributed by atoms with Gasteiger partial charge in [-0.1, -0.05) is 76.6 Å². The molecular formula is C33H25BrN2O4. The van der Waals surface area contributed by atoms with Crippen LogP contribution in [-0.2, 0) is 6.42 Å². The third-order valence-electron chi connectivity index (χ3n) is 7.12. The maximum atomic E-state index is 13.5. The van der Waals surface area contributed by atoms with Gasteiger partial charge in [-0.05, 0) is 60.0 Å². The first-order chi connectivity index (χ1) is 19.5. The molecule has 0 fully saturated rings. The summed E-state index contributed by atoms with van der Waals surface area (Å²) in [6.45, 7) is 0.381. The number of fused-ring (bicyclic) bond motifs is 2. The number of carbonyl (C=O) groups is 1. The van der Waals surface area contributed by atoms with Gasteiger partial charge in [0.05, 0.1) is 16.9 Å². The second kappa shape index (κ2) is 10.9. The molecule has 2 aromatic heterocycles. The molecule has 4 aromatic carbocycles. The molecule has 0 aliphatic carbocycles. The van der Waals surface area contributed by atoms with Crippen molar-refractivity contribution in [1.29, 1.82) is 0 Å². The Morgan fingerprint density at radius 3 is 2.42 bits per heavy atom. The first kappa shape index (κ1) is 25.6. The van der Waals surface area contributed by atoms with Crippen molar-refractivity contribution in [3.8, 4) is 5.75 Å². The summed E-state index contributed by atoms with van der Waals surface area (Å²) >= 11 is 3.56. The molecule has 3 N–H and O–H groups in total. The Kier molecular flexibility index (Phi) is 6.97. The average Bonchev–Trinajstić information content (AvgIpc) is 3.33. The van der Waals surface area contributed by atoms with Crippen molar-refractivity contribution in [2.24, 2.45) is 0 Å². The predicted molar refractivity (Wildman–Crippen MR) is 160 cm³/mol. The highest BCUT2D eigenvalue weighted by Gasteiger charge is 2.30. The van der Waals surface area contributed by atoms with E-state index < -0.39 is 11.5 Å². The van der Waals surface area contributed by atoms with E-state index >= 15 is 0 Å². The summed E-state index contributed by atoms with van der Waals surface area (Å²) in [4.78, 5) is 29.8. The molecule has 0 bridgehead atoms. The smallest absolute Gasteiger partial charge is 0.344 e. The van der Waals surface area contributed by atoms with Gasteiger partial charge in [0.15, 0.2) is 0 Å². The van der Waals surface area contributed by atoms with Crippen molar-refractivity contribution < 1.29 is 14.3 Å². The van der Waals surface area contributed by atoms with Crippen molar-refractivity contribution in [2.45, 2.75) is 12.3 Å². The highest BCUT2D eigenvalue weighted by molar-refractivity contribution is 9.10. The standard InChI is InChI=1S/C33H25BrN2O4/c34-22-12-8-11-21(19-22)28(29-31(37)25-14-5-7-16-27(25)40-33(29)39)30-24(23-13-4-6-15-26(23)36-30)17-18-35-32(38)20-9-2-1-3-10-20/h1-16,19,28,36-37H,17-18H2,(H,35,38). The number of aromatic hydroxyl groups is 1. The zero-order valence-electron chi connectivity index (χ0n) is 21.4. The number of benzene rings is 4. The maximum Gasteiger partial charge on any atom is 0.344 e. The first-order valence-electron chi connectivity index (χ1n) is 12.9. The molecule has 0 spiro atoms. The van der Waals surface area contributed by atoms with Gasteiger partial charge in [-0.15, -0.1) is 0 Å². The molecule has 198 valence electrons. The molecule has 6 rings (SSSR count). The number of amides is 1. The van der Waals surface area contributed by atoms with E-state index in [1.165, 1.54) is 0 Å². The number of aromatic nitrogens is 1. The molecule has 1 atom stereocenters. The molecule has 0 aliphatic heterocycles. The number of hydrogen-bond donors (Lipinski definition) is 3. The zero-order valence-corrected chi connectivity index (χ0v) is 22.9. The van der Waals surface area contributed by atoms with E-state index in [1.807, 2.05) is 66.7 Å². The molecule has 7 heteroatoms. The summed E-state index contributed by atoms with van der Waals surface area (Å²) in [5.74, 6) is -0.928. The van der Waals surface area contributed by atoms with Crippen LogP contribution in [-0.4, -0.2) is 22.5 Å². The van der Waals surface area contributed by atoms with Gasteiger partial charge in [0, 0.05) is 33.2 Å². The van der Waals surface area contributed by atoms with Crippen LogP contribution in [0.5, 0.6) is 5.75 Å². The van der Waals surface area contributed by atoms with Crippen LogP contribution in [0.25, 0.3) is 21.9 Å². The topological polar surface area (TPSA) is 95.3 Å². The van der Waals surface area contributed by atoms with Gasteiger partial charge < -0.3 is 19.8 Å². The average molecular weight is 593 g/mol. The minimum absolute atomic E-state index is 0.112. The zero-order chi connectivity index (χ0) is 27.6. The van der Waals surface area contributed by atoms with Crippen molar-refractivity contribution in [1.82, 2.24) is 10.3 Å². The Hall–Kier alpha value is -4.62. The fourth-order valence-corrected chi connectivity index (χ4v) is 5.71. The van der Waals surface area contributed by atoms with Crippen molar-refractivity contribution >= 4 is 43.7 Å². The van der Waals surface area contributed by atoms with Crippen molar-refractivity contribution in [2.75, 3.05) is 6.54 Å². The van der Waals surface area contributed by atoms with Crippen LogP contribution in [0.1, 0.15) is 38.7 Å². The van der Waals surface area contributed by atoms with Gasteiger partial charge in [-0.3, -0.25) is 4.79 Å². The van der Waals surface area contributed by atoms with Gasteiger partial charge in [-0.25, -0.2) is 4.79 Å². The number of hydrogen-bond acceptors (Lipinski definition) is 4. The minimum atomic E-state index is -0.661. The summed E-state index contributed by atoms with van der Waals surface area (Å²) in [7, 11) is 0. The molecule has 6 aromatic rings. The van der Waals surface area contributed by atoms with Crippen LogP contribution in [0.2, 0.25) is 0 Å². The number of halogens is 1. The van der Waals surface area contributed by atoms with Crippen LogP contribution in [0.4, 0.5) is 0 Å². The van der Waals surface area contributed by atoms with Crippen LogP contribution in [0, 0.1) is 0 Å². The number of H-pyrrole nitrogens is 1. The van der Waals surface area contributed by atoms with Gasteiger partial charge in [-0.2, -0.15) is 0 Å². The summed E-state index contributed by atoms with van der Waals surface area (Å²) in [6.07, 6.45) is 0.502. The first-order valence-corrected chi connectivity index (χ1v) is 13.7. The number of aromatic amines is 1. The largest absolute Gasteiger partial charge is 0.507 e. The highest BCUT2D eigenvalue weighted by atomic mass is 79.9. The molecular weight excluding hydrogens is 568 g/mol. The van der Waals surface area contributed by atoms with Gasteiger partial charge >= 0.3 is 5.63 Å². The summed E-state index contributed by atoms with van der Waals surface area (Å²) in [5, 5.41) is 15.9. The Morgan fingerprint density at radius 1 is 0.900 bits per heavy atom. The molecule has 6 nitrogen and oxygen atoms in total. The molecule has 1 unspecified atom stereocenters. The fraction of sp³-hybridized carbons (Fsp3) is 0.0909. The van der Waals surface area contributed by atoms with Gasteiger partial charge in [0.2, 0.25) is 0 Å². The Bertz CT molecular complexity index is 1910. The molecule has 0 aliphatic rings. The maximum absolute atomic E-state index is 13.5. The second-order valence-corrected chi connectivity index (χ2v) is 10.5. The Morgan fingerprint density at radius 2 is 1.62 bits per heavy atom. The highest BCUT2D eigenvalue weighted by Crippen LogP contribution is 2.41. The lowest BCUT2D eigenvalue weighted by Gasteiger charge is -2.20. The van der Waals surface area contributed by atoms with Crippen LogP contribution >= 0.6 is 15.9 Å². The third kappa shape index (κ3) is 4.80. The molecule has 40 heavy (non-hydrogen) atoms. The van der Waals surface area contributed by atoms with Crippen molar-refractivity contribution in [3.63, 3.8) is 0 Å². The van der Waals surface area contributed by atoms with Gasteiger partial charge in [0.25, 0.3) is 5.91 Å². The molecule has 0 saturated carbocycles.